The molecule has 1 amide bonds. The Morgan fingerprint density at radius 1 is 0.961 bits per heavy atom. The number of esters is 1. The van der Waals surface area contributed by atoms with Gasteiger partial charge in [0, 0.05) is 12.2 Å². The molecule has 1 heterocycles. The molecule has 0 saturated heterocycles. The number of carbonyl (C=O) groups is 2. The van der Waals surface area contributed by atoms with Gasteiger partial charge in [-0.2, -0.15) is 5.10 Å². The highest BCUT2D eigenvalue weighted by Crippen LogP contribution is 2.59. The van der Waals surface area contributed by atoms with Crippen LogP contribution in [-0.4, -0.2) is 79.1 Å². The number of benzene rings is 2. The standard InChI is InChI=1S/C41H57N5O5/c1-25(2)31-23-30(42-16-11-17-45(6)7)14-15-33(31)46-34(37-35(49-8)12-10-13-36(37)50-9)24-32(44-46)38(47)43-41(39(48)51-40(3,4)5)28-19-26-18-27(21-28)22-29(41)20-26/h10,12-15,23-29,42H,11,16-22H2,1-9H3,(H,43,47). The number of hydrogen-bond acceptors (Lipinski definition) is 8. The van der Waals surface area contributed by atoms with Gasteiger partial charge in [-0.25, -0.2) is 9.48 Å². The van der Waals surface area contributed by atoms with Crippen LogP contribution in [-0.2, 0) is 9.53 Å². The molecule has 10 nitrogen and oxygen atoms in total. The Morgan fingerprint density at radius 3 is 2.14 bits per heavy atom. The fourth-order valence-corrected chi connectivity index (χ4v) is 9.04. The van der Waals surface area contributed by atoms with Gasteiger partial charge in [0.2, 0.25) is 0 Å². The topological polar surface area (TPSA) is 107 Å². The van der Waals surface area contributed by atoms with Crippen molar-refractivity contribution in [2.45, 2.75) is 90.2 Å². The lowest BCUT2D eigenvalue weighted by Gasteiger charge is -2.59. The third-order valence-corrected chi connectivity index (χ3v) is 11.1. The fraction of sp³-hybridized carbons (Fsp3) is 0.585. The number of carbonyl (C=O) groups excluding carboxylic acids is 2. The number of methoxy groups -OCH3 is 2. The summed E-state index contributed by atoms with van der Waals surface area (Å²) in [6.45, 7) is 11.8. The molecular formula is C41H57N5O5. The summed E-state index contributed by atoms with van der Waals surface area (Å²) >= 11 is 0. The summed E-state index contributed by atoms with van der Waals surface area (Å²) < 4.78 is 19.7. The molecule has 51 heavy (non-hydrogen) atoms. The number of aromatic nitrogens is 2. The molecule has 7 rings (SSSR count). The maximum absolute atomic E-state index is 14.6. The summed E-state index contributed by atoms with van der Waals surface area (Å²) in [6, 6.07) is 13.7. The first-order valence-electron chi connectivity index (χ1n) is 18.6. The summed E-state index contributed by atoms with van der Waals surface area (Å²) in [7, 11) is 7.41. The van der Waals surface area contributed by atoms with Crippen molar-refractivity contribution in [3.63, 3.8) is 0 Å². The van der Waals surface area contributed by atoms with Crippen LogP contribution >= 0.6 is 0 Å². The van der Waals surface area contributed by atoms with Gasteiger partial charge in [0.15, 0.2) is 5.69 Å². The van der Waals surface area contributed by atoms with Crippen LogP contribution in [0.4, 0.5) is 5.69 Å². The largest absolute Gasteiger partial charge is 0.496 e. The molecule has 3 aromatic rings. The van der Waals surface area contributed by atoms with Crippen LogP contribution in [0.3, 0.4) is 0 Å². The molecular weight excluding hydrogens is 642 g/mol. The van der Waals surface area contributed by atoms with Crippen molar-refractivity contribution in [2.75, 3.05) is 46.7 Å². The Morgan fingerprint density at radius 2 is 1.59 bits per heavy atom. The molecule has 0 radical (unpaired) electrons. The SMILES string of the molecule is COc1cccc(OC)c1-c1cc(C(=O)NC2(C(=O)OC(C)(C)C)C3CC4CC(C3)CC2C4)nn1-c1ccc(NCCCN(C)C)cc1C(C)C. The van der Waals surface area contributed by atoms with Crippen LogP contribution in [0, 0.1) is 23.7 Å². The first-order chi connectivity index (χ1) is 24.2. The van der Waals surface area contributed by atoms with Gasteiger partial charge < -0.3 is 29.7 Å². The quantitative estimate of drug-likeness (QED) is 0.141. The third-order valence-electron chi connectivity index (χ3n) is 11.1. The Hall–Kier alpha value is -4.05. The van der Waals surface area contributed by atoms with Crippen molar-refractivity contribution in [3.05, 3.63) is 53.7 Å². The minimum atomic E-state index is -1.09. The molecule has 4 saturated carbocycles. The molecule has 4 aliphatic carbocycles. The molecule has 2 N–H and O–H groups in total. The lowest BCUT2D eigenvalue weighted by atomic mass is 9.48. The maximum atomic E-state index is 14.6. The monoisotopic (exact) mass is 699 g/mol. The Kier molecular flexibility index (Phi) is 10.5. The highest BCUT2D eigenvalue weighted by molar-refractivity contribution is 5.98. The van der Waals surface area contributed by atoms with Gasteiger partial charge in [-0.3, -0.25) is 4.79 Å². The van der Waals surface area contributed by atoms with E-state index in [0.29, 0.717) is 34.6 Å². The molecule has 276 valence electrons. The molecule has 0 aliphatic heterocycles. The highest BCUT2D eigenvalue weighted by Gasteiger charge is 2.63. The molecule has 0 atom stereocenters. The number of rotatable bonds is 13. The molecule has 4 fully saturated rings. The maximum Gasteiger partial charge on any atom is 0.332 e. The molecule has 4 bridgehead atoms. The lowest BCUT2D eigenvalue weighted by Crippen LogP contribution is -2.71. The van der Waals surface area contributed by atoms with Gasteiger partial charge in [0.05, 0.1) is 31.2 Å². The Balaban J connectivity index is 1.44. The van der Waals surface area contributed by atoms with Crippen molar-refractivity contribution in [3.8, 4) is 28.4 Å². The number of nitrogens with zero attached hydrogens (tertiary/aromatic N) is 3. The number of nitrogens with one attached hydrogen (secondary N) is 2. The molecule has 10 heteroatoms. The minimum absolute atomic E-state index is 0.0359. The van der Waals surface area contributed by atoms with Crippen LogP contribution in [0.1, 0.15) is 95.1 Å². The van der Waals surface area contributed by atoms with Crippen molar-refractivity contribution in [1.82, 2.24) is 20.0 Å². The molecule has 1 aromatic heterocycles. The first-order valence-corrected chi connectivity index (χ1v) is 18.6. The van der Waals surface area contributed by atoms with Crippen molar-refractivity contribution >= 4 is 17.6 Å². The number of amides is 1. The highest BCUT2D eigenvalue weighted by atomic mass is 16.6. The van der Waals surface area contributed by atoms with Crippen LogP contribution in [0.25, 0.3) is 16.9 Å². The van der Waals surface area contributed by atoms with E-state index in [1.54, 1.807) is 20.3 Å². The van der Waals surface area contributed by atoms with Gasteiger partial charge in [0.1, 0.15) is 22.6 Å². The second-order valence-corrected chi connectivity index (χ2v) is 16.5. The number of ether oxygens (including phenoxy) is 3. The number of hydrogen-bond donors (Lipinski definition) is 2. The van der Waals surface area contributed by atoms with E-state index in [2.05, 4.69) is 61.7 Å². The molecule has 4 aliphatic rings. The predicted octanol–water partition coefficient (Wildman–Crippen LogP) is 7.31. The molecule has 0 unspecified atom stereocenters. The van der Waals surface area contributed by atoms with Crippen LogP contribution in [0.2, 0.25) is 0 Å². The smallest absolute Gasteiger partial charge is 0.332 e. The fourth-order valence-electron chi connectivity index (χ4n) is 9.04. The van der Waals surface area contributed by atoms with Crippen molar-refractivity contribution in [2.24, 2.45) is 23.7 Å². The van der Waals surface area contributed by atoms with Crippen LogP contribution in [0.15, 0.2) is 42.5 Å². The summed E-state index contributed by atoms with van der Waals surface area (Å²) in [5.74, 6) is 1.92. The van der Waals surface area contributed by atoms with E-state index in [9.17, 15) is 9.59 Å². The van der Waals surface area contributed by atoms with Gasteiger partial charge in [-0.1, -0.05) is 19.9 Å². The summed E-state index contributed by atoms with van der Waals surface area (Å²) in [5.41, 5.74) is 2.74. The van der Waals surface area contributed by atoms with Crippen molar-refractivity contribution < 1.29 is 23.8 Å². The molecule has 0 spiro atoms. The summed E-state index contributed by atoms with van der Waals surface area (Å²) in [5, 5.41) is 11.9. The third kappa shape index (κ3) is 7.34. The van der Waals surface area contributed by atoms with E-state index < -0.39 is 11.1 Å². The van der Waals surface area contributed by atoms with E-state index in [-0.39, 0.29) is 35.3 Å². The van der Waals surface area contributed by atoms with E-state index in [1.807, 2.05) is 43.7 Å². The van der Waals surface area contributed by atoms with Gasteiger partial charge >= 0.3 is 5.97 Å². The number of anilines is 1. The zero-order valence-electron chi connectivity index (χ0n) is 32.0. The average molecular weight is 700 g/mol. The van der Waals surface area contributed by atoms with Gasteiger partial charge in [-0.15, -0.1) is 0 Å². The van der Waals surface area contributed by atoms with E-state index in [1.165, 1.54) is 6.42 Å². The summed E-state index contributed by atoms with van der Waals surface area (Å²) in [6.07, 6.45) is 5.96. The zero-order chi connectivity index (χ0) is 36.7. The predicted molar refractivity (Wildman–Crippen MR) is 201 cm³/mol. The van der Waals surface area contributed by atoms with Crippen LogP contribution in [0.5, 0.6) is 11.5 Å². The second kappa shape index (κ2) is 14.5. The normalized spacial score (nSPS) is 23.8. The Bertz CT molecular complexity index is 1690. The van der Waals surface area contributed by atoms with E-state index in [4.69, 9.17) is 19.3 Å². The lowest BCUT2D eigenvalue weighted by molar-refractivity contribution is -0.180. The first kappa shape index (κ1) is 36.7. The van der Waals surface area contributed by atoms with E-state index >= 15 is 0 Å². The van der Waals surface area contributed by atoms with Crippen molar-refractivity contribution in [1.29, 1.82) is 0 Å². The van der Waals surface area contributed by atoms with E-state index in [0.717, 1.165) is 62.1 Å². The summed E-state index contributed by atoms with van der Waals surface area (Å²) in [4.78, 5) is 31.1. The zero-order valence-corrected chi connectivity index (χ0v) is 32.0. The average Bonchev–Trinajstić information content (AvgIpc) is 3.51. The van der Waals surface area contributed by atoms with Crippen LogP contribution < -0.4 is 20.1 Å². The minimum Gasteiger partial charge on any atom is -0.496 e. The molecule has 2 aromatic carbocycles. The second-order valence-electron chi connectivity index (χ2n) is 16.5. The van der Waals surface area contributed by atoms with Gasteiger partial charge in [0.25, 0.3) is 5.91 Å². The van der Waals surface area contributed by atoms with Gasteiger partial charge in [-0.05, 0) is 151 Å². The Labute approximate surface area is 303 Å².